The number of rotatable bonds is 3. The van der Waals surface area contributed by atoms with Crippen molar-refractivity contribution >= 4 is 0 Å². The van der Waals surface area contributed by atoms with E-state index >= 15 is 0 Å². The Bertz CT molecular complexity index is 94.7. The van der Waals surface area contributed by atoms with Gasteiger partial charge in [-0.1, -0.05) is 19.1 Å². The van der Waals surface area contributed by atoms with Gasteiger partial charge in [0.05, 0.1) is 6.10 Å². The van der Waals surface area contributed by atoms with Crippen molar-refractivity contribution in [2.75, 3.05) is 0 Å². The fourth-order valence-corrected chi connectivity index (χ4v) is 1.10. The zero-order chi connectivity index (χ0) is 7.44. The van der Waals surface area contributed by atoms with E-state index in [1.165, 1.54) is 0 Å². The summed E-state index contributed by atoms with van der Waals surface area (Å²) in [6.07, 6.45) is 0.736. The Hall–Kier alpha value is -0.300. The summed E-state index contributed by atoms with van der Waals surface area (Å²) in [7, 11) is 0. The van der Waals surface area contributed by atoms with E-state index in [4.69, 9.17) is 5.11 Å². The molecule has 0 radical (unpaired) electrons. The lowest BCUT2D eigenvalue weighted by Crippen LogP contribution is -2.16. The molecule has 0 aromatic carbocycles. The molecule has 0 heterocycles. The Morgan fingerprint density at radius 3 is 2.11 bits per heavy atom. The molecule has 0 rings (SSSR count). The second kappa shape index (κ2) is 3.67. The van der Waals surface area contributed by atoms with Crippen molar-refractivity contribution in [3.63, 3.8) is 0 Å². The molecule has 0 bridgehead atoms. The number of aliphatic hydroxyl groups is 1. The standard InChI is InChI=1S/C8H16O/c1-5-8(6(2)3)7(4)9/h7-9H,2,5H2,1,3-4H3. The highest BCUT2D eigenvalue weighted by molar-refractivity contribution is 4.97. The van der Waals surface area contributed by atoms with Crippen molar-refractivity contribution in [3.05, 3.63) is 12.2 Å². The van der Waals surface area contributed by atoms with Gasteiger partial charge < -0.3 is 5.11 Å². The van der Waals surface area contributed by atoms with Gasteiger partial charge in [-0.05, 0) is 20.3 Å². The summed E-state index contributed by atoms with van der Waals surface area (Å²) in [6.45, 7) is 9.62. The van der Waals surface area contributed by atoms with Crippen LogP contribution < -0.4 is 0 Å². The Kier molecular flexibility index (Phi) is 3.55. The predicted molar refractivity (Wildman–Crippen MR) is 40.3 cm³/mol. The van der Waals surface area contributed by atoms with Gasteiger partial charge in [0.1, 0.15) is 0 Å². The molecule has 0 aliphatic carbocycles. The molecule has 0 aromatic heterocycles. The van der Waals surface area contributed by atoms with Gasteiger partial charge in [0.25, 0.3) is 0 Å². The van der Waals surface area contributed by atoms with Crippen LogP contribution in [0.2, 0.25) is 0 Å². The van der Waals surface area contributed by atoms with Crippen LogP contribution in [0.1, 0.15) is 27.2 Å². The van der Waals surface area contributed by atoms with E-state index in [1.54, 1.807) is 0 Å². The molecule has 2 unspecified atom stereocenters. The van der Waals surface area contributed by atoms with Gasteiger partial charge in [-0.2, -0.15) is 0 Å². The average molecular weight is 128 g/mol. The molecule has 0 saturated heterocycles. The van der Waals surface area contributed by atoms with E-state index in [-0.39, 0.29) is 12.0 Å². The fraction of sp³-hybridized carbons (Fsp3) is 0.750. The summed E-state index contributed by atoms with van der Waals surface area (Å²) in [4.78, 5) is 0. The van der Waals surface area contributed by atoms with Crippen molar-refractivity contribution in [3.8, 4) is 0 Å². The predicted octanol–water partition coefficient (Wildman–Crippen LogP) is 1.97. The van der Waals surface area contributed by atoms with Crippen molar-refractivity contribution < 1.29 is 5.11 Å². The van der Waals surface area contributed by atoms with E-state index in [0.29, 0.717) is 0 Å². The largest absolute Gasteiger partial charge is 0.393 e. The molecule has 54 valence electrons. The molecule has 1 nitrogen and oxygen atoms in total. The zero-order valence-electron chi connectivity index (χ0n) is 6.52. The van der Waals surface area contributed by atoms with Crippen molar-refractivity contribution in [1.82, 2.24) is 0 Å². The van der Waals surface area contributed by atoms with Gasteiger partial charge in [-0.3, -0.25) is 0 Å². The Morgan fingerprint density at radius 1 is 1.67 bits per heavy atom. The molecule has 1 heteroatoms. The highest BCUT2D eigenvalue weighted by atomic mass is 16.3. The summed E-state index contributed by atoms with van der Waals surface area (Å²) in [5, 5.41) is 9.12. The molecule has 0 aromatic rings. The third kappa shape index (κ3) is 2.66. The third-order valence-electron chi connectivity index (χ3n) is 1.66. The van der Waals surface area contributed by atoms with E-state index in [2.05, 4.69) is 13.5 Å². The SMILES string of the molecule is C=C(C)C(CC)C(C)O. The van der Waals surface area contributed by atoms with Crippen LogP contribution in [0.4, 0.5) is 0 Å². The second-order valence-electron chi connectivity index (χ2n) is 2.60. The van der Waals surface area contributed by atoms with Gasteiger partial charge in [0.2, 0.25) is 0 Å². The summed E-state index contributed by atoms with van der Waals surface area (Å²) in [5.41, 5.74) is 1.08. The topological polar surface area (TPSA) is 20.2 Å². The summed E-state index contributed by atoms with van der Waals surface area (Å²) in [5.74, 6) is 0.282. The Labute approximate surface area is 57.4 Å². The maximum absolute atomic E-state index is 9.12. The summed E-state index contributed by atoms with van der Waals surface area (Å²) in [6, 6.07) is 0. The first kappa shape index (κ1) is 8.70. The van der Waals surface area contributed by atoms with Gasteiger partial charge in [0, 0.05) is 5.92 Å². The molecule has 0 aliphatic heterocycles. The van der Waals surface area contributed by atoms with Crippen molar-refractivity contribution in [1.29, 1.82) is 0 Å². The molecule has 2 atom stereocenters. The Morgan fingerprint density at radius 2 is 2.11 bits per heavy atom. The molecule has 9 heavy (non-hydrogen) atoms. The van der Waals surface area contributed by atoms with E-state index in [1.807, 2.05) is 13.8 Å². The average Bonchev–Trinajstić information content (AvgIpc) is 1.64. The van der Waals surface area contributed by atoms with Crippen LogP contribution in [0.15, 0.2) is 12.2 Å². The van der Waals surface area contributed by atoms with E-state index < -0.39 is 0 Å². The van der Waals surface area contributed by atoms with Crippen LogP contribution in [0, 0.1) is 5.92 Å². The third-order valence-corrected chi connectivity index (χ3v) is 1.66. The first-order valence-electron chi connectivity index (χ1n) is 3.43. The van der Waals surface area contributed by atoms with Crippen LogP contribution >= 0.6 is 0 Å². The number of hydrogen-bond donors (Lipinski definition) is 1. The Balaban J connectivity index is 3.83. The maximum atomic E-state index is 9.12. The molecular weight excluding hydrogens is 112 g/mol. The van der Waals surface area contributed by atoms with Crippen LogP contribution in [0.25, 0.3) is 0 Å². The van der Waals surface area contributed by atoms with E-state index in [0.717, 1.165) is 12.0 Å². The van der Waals surface area contributed by atoms with Gasteiger partial charge in [0.15, 0.2) is 0 Å². The molecule has 0 amide bonds. The minimum Gasteiger partial charge on any atom is -0.393 e. The minimum absolute atomic E-state index is 0.243. The molecule has 1 N–H and O–H groups in total. The fourth-order valence-electron chi connectivity index (χ4n) is 1.10. The second-order valence-corrected chi connectivity index (χ2v) is 2.60. The molecule has 0 fully saturated rings. The monoisotopic (exact) mass is 128 g/mol. The molecule has 0 spiro atoms. The highest BCUT2D eigenvalue weighted by Gasteiger charge is 2.11. The quantitative estimate of drug-likeness (QED) is 0.576. The lowest BCUT2D eigenvalue weighted by atomic mass is 9.94. The minimum atomic E-state index is -0.243. The lowest BCUT2D eigenvalue weighted by Gasteiger charge is -2.17. The van der Waals surface area contributed by atoms with Gasteiger partial charge >= 0.3 is 0 Å². The van der Waals surface area contributed by atoms with Gasteiger partial charge in [-0.15, -0.1) is 0 Å². The van der Waals surface area contributed by atoms with E-state index in [9.17, 15) is 0 Å². The summed E-state index contributed by atoms with van der Waals surface area (Å²) >= 11 is 0. The lowest BCUT2D eigenvalue weighted by molar-refractivity contribution is 0.141. The van der Waals surface area contributed by atoms with Crippen LogP contribution in [-0.4, -0.2) is 11.2 Å². The van der Waals surface area contributed by atoms with Crippen molar-refractivity contribution in [2.45, 2.75) is 33.3 Å². The number of hydrogen-bond acceptors (Lipinski definition) is 1. The molecule has 0 saturated carbocycles. The highest BCUT2D eigenvalue weighted by Crippen LogP contribution is 2.16. The van der Waals surface area contributed by atoms with Crippen molar-refractivity contribution in [2.24, 2.45) is 5.92 Å². The maximum Gasteiger partial charge on any atom is 0.0577 e. The summed E-state index contributed by atoms with van der Waals surface area (Å²) < 4.78 is 0. The smallest absolute Gasteiger partial charge is 0.0577 e. The zero-order valence-corrected chi connectivity index (χ0v) is 6.52. The first-order chi connectivity index (χ1) is 4.09. The number of aliphatic hydroxyl groups excluding tert-OH is 1. The van der Waals surface area contributed by atoms with Gasteiger partial charge in [-0.25, -0.2) is 0 Å². The van der Waals surface area contributed by atoms with Crippen LogP contribution in [0.3, 0.4) is 0 Å². The molecule has 0 aliphatic rings. The van der Waals surface area contributed by atoms with Crippen LogP contribution in [-0.2, 0) is 0 Å². The first-order valence-corrected chi connectivity index (χ1v) is 3.43. The molecular formula is C8H16O. The van der Waals surface area contributed by atoms with Crippen LogP contribution in [0.5, 0.6) is 0 Å². The normalized spacial score (nSPS) is 16.9.